The predicted molar refractivity (Wildman–Crippen MR) is 72.2 cm³/mol. The van der Waals surface area contributed by atoms with Crippen LogP contribution in [0.25, 0.3) is 0 Å². The molecule has 0 aliphatic heterocycles. The summed E-state index contributed by atoms with van der Waals surface area (Å²) in [5, 5.41) is 17.6. The SMILES string of the molecule is CCCN(C)c1nnc(SCC(=O)O)n1CCC. The van der Waals surface area contributed by atoms with Crippen LogP contribution in [0.1, 0.15) is 26.7 Å². The standard InChI is InChI=1S/C11H20N4O2S/c1-4-6-14(3)10-12-13-11(15(10)7-5-2)18-8-9(16)17/h4-8H2,1-3H3,(H,16,17). The molecule has 1 rings (SSSR count). The molecule has 0 saturated carbocycles. The van der Waals surface area contributed by atoms with Gasteiger partial charge in [0, 0.05) is 20.1 Å². The molecule has 0 radical (unpaired) electrons. The molecule has 102 valence electrons. The second-order valence-electron chi connectivity index (χ2n) is 4.04. The van der Waals surface area contributed by atoms with Gasteiger partial charge in [-0.05, 0) is 12.8 Å². The normalized spacial score (nSPS) is 10.6. The number of aliphatic carboxylic acids is 1. The highest BCUT2D eigenvalue weighted by Crippen LogP contribution is 2.21. The predicted octanol–water partition coefficient (Wildman–Crippen LogP) is 1.71. The third-order valence-corrected chi connectivity index (χ3v) is 3.32. The van der Waals surface area contributed by atoms with E-state index in [1.165, 1.54) is 11.8 Å². The lowest BCUT2D eigenvalue weighted by Gasteiger charge is -2.18. The van der Waals surface area contributed by atoms with Crippen molar-refractivity contribution in [3.63, 3.8) is 0 Å². The summed E-state index contributed by atoms with van der Waals surface area (Å²) in [7, 11) is 1.98. The Labute approximate surface area is 111 Å². The van der Waals surface area contributed by atoms with Crippen LogP contribution >= 0.6 is 11.8 Å². The van der Waals surface area contributed by atoms with Crippen LogP contribution in [0, 0.1) is 0 Å². The van der Waals surface area contributed by atoms with E-state index in [9.17, 15) is 4.79 Å². The van der Waals surface area contributed by atoms with Crippen molar-refractivity contribution in [1.29, 1.82) is 0 Å². The van der Waals surface area contributed by atoms with Crippen molar-refractivity contribution in [3.8, 4) is 0 Å². The van der Waals surface area contributed by atoms with Crippen LogP contribution in [0.4, 0.5) is 5.95 Å². The first-order valence-corrected chi connectivity index (χ1v) is 7.07. The molecule has 0 bridgehead atoms. The molecule has 1 aromatic heterocycles. The summed E-state index contributed by atoms with van der Waals surface area (Å²) in [6, 6.07) is 0. The summed E-state index contributed by atoms with van der Waals surface area (Å²) >= 11 is 1.21. The molecule has 18 heavy (non-hydrogen) atoms. The maximum Gasteiger partial charge on any atom is 0.313 e. The highest BCUT2D eigenvalue weighted by Gasteiger charge is 2.15. The van der Waals surface area contributed by atoms with Gasteiger partial charge in [0.2, 0.25) is 5.95 Å². The molecule has 6 nitrogen and oxygen atoms in total. The average Bonchev–Trinajstić information content (AvgIpc) is 2.70. The van der Waals surface area contributed by atoms with Crippen LogP contribution in [0.5, 0.6) is 0 Å². The van der Waals surface area contributed by atoms with Crippen molar-refractivity contribution in [2.24, 2.45) is 0 Å². The number of hydrogen-bond acceptors (Lipinski definition) is 5. The first-order chi connectivity index (χ1) is 8.60. The van der Waals surface area contributed by atoms with Gasteiger partial charge in [0.25, 0.3) is 0 Å². The summed E-state index contributed by atoms with van der Waals surface area (Å²) in [5.41, 5.74) is 0. The molecule has 0 spiro atoms. The lowest BCUT2D eigenvalue weighted by atomic mass is 10.4. The summed E-state index contributed by atoms with van der Waals surface area (Å²) in [5.74, 6) is -0.0135. The lowest BCUT2D eigenvalue weighted by molar-refractivity contribution is -0.133. The van der Waals surface area contributed by atoms with Crippen molar-refractivity contribution in [1.82, 2.24) is 14.8 Å². The molecule has 7 heteroatoms. The molecule has 0 aromatic carbocycles. The number of carbonyl (C=O) groups is 1. The molecule has 1 aromatic rings. The minimum Gasteiger partial charge on any atom is -0.481 e. The van der Waals surface area contributed by atoms with E-state index in [0.29, 0.717) is 5.16 Å². The Morgan fingerprint density at radius 1 is 1.39 bits per heavy atom. The van der Waals surface area contributed by atoms with Crippen molar-refractivity contribution >= 4 is 23.7 Å². The number of carboxylic acid groups (broad SMARTS) is 1. The van der Waals surface area contributed by atoms with Gasteiger partial charge < -0.3 is 10.0 Å². The molecule has 1 N–H and O–H groups in total. The second kappa shape index (κ2) is 7.25. The maximum atomic E-state index is 10.6. The van der Waals surface area contributed by atoms with Gasteiger partial charge in [0.05, 0.1) is 5.75 Å². The van der Waals surface area contributed by atoms with Crippen LogP contribution in [0.3, 0.4) is 0 Å². The minimum absolute atomic E-state index is 0.0132. The van der Waals surface area contributed by atoms with Crippen molar-refractivity contribution in [2.75, 3.05) is 24.2 Å². The molecule has 0 fully saturated rings. The molecular weight excluding hydrogens is 252 g/mol. The van der Waals surface area contributed by atoms with Gasteiger partial charge >= 0.3 is 5.97 Å². The molecule has 0 atom stereocenters. The smallest absolute Gasteiger partial charge is 0.313 e. The molecule has 0 aliphatic carbocycles. The topological polar surface area (TPSA) is 71.2 Å². The summed E-state index contributed by atoms with van der Waals surface area (Å²) in [6.07, 6.45) is 2.00. The Balaban J connectivity index is 2.87. The van der Waals surface area contributed by atoms with E-state index in [1.54, 1.807) is 0 Å². The number of anilines is 1. The number of hydrogen-bond donors (Lipinski definition) is 1. The number of nitrogens with zero attached hydrogens (tertiary/aromatic N) is 4. The van der Waals surface area contributed by atoms with E-state index in [0.717, 1.165) is 31.9 Å². The monoisotopic (exact) mass is 272 g/mol. The Morgan fingerprint density at radius 3 is 2.67 bits per heavy atom. The van der Waals surface area contributed by atoms with E-state index in [1.807, 2.05) is 16.5 Å². The third kappa shape index (κ3) is 3.90. The fraction of sp³-hybridized carbons (Fsp3) is 0.727. The Bertz CT molecular complexity index is 394. The minimum atomic E-state index is -0.838. The van der Waals surface area contributed by atoms with Crippen LogP contribution < -0.4 is 4.90 Å². The zero-order chi connectivity index (χ0) is 13.5. The van der Waals surface area contributed by atoms with Gasteiger partial charge in [-0.15, -0.1) is 10.2 Å². The van der Waals surface area contributed by atoms with Gasteiger partial charge in [-0.3, -0.25) is 9.36 Å². The van der Waals surface area contributed by atoms with E-state index in [-0.39, 0.29) is 5.75 Å². The molecule has 0 unspecified atom stereocenters. The average molecular weight is 272 g/mol. The maximum absolute atomic E-state index is 10.6. The third-order valence-electron chi connectivity index (χ3n) is 2.37. The summed E-state index contributed by atoms with van der Waals surface area (Å²) in [4.78, 5) is 12.6. The zero-order valence-corrected chi connectivity index (χ0v) is 11.9. The summed E-state index contributed by atoms with van der Waals surface area (Å²) in [6.45, 7) is 5.90. The highest BCUT2D eigenvalue weighted by molar-refractivity contribution is 7.99. The number of aromatic nitrogens is 3. The highest BCUT2D eigenvalue weighted by atomic mass is 32.2. The van der Waals surface area contributed by atoms with Crippen LogP contribution in [0.2, 0.25) is 0 Å². The van der Waals surface area contributed by atoms with Crippen molar-refractivity contribution in [2.45, 2.75) is 38.4 Å². The van der Waals surface area contributed by atoms with Gasteiger partial charge in [0.1, 0.15) is 0 Å². The van der Waals surface area contributed by atoms with Crippen molar-refractivity contribution in [3.05, 3.63) is 0 Å². The van der Waals surface area contributed by atoms with E-state index in [4.69, 9.17) is 5.11 Å². The van der Waals surface area contributed by atoms with E-state index in [2.05, 4.69) is 24.0 Å². The molecular formula is C11H20N4O2S. The molecule has 1 heterocycles. The zero-order valence-electron chi connectivity index (χ0n) is 11.1. The van der Waals surface area contributed by atoms with Gasteiger partial charge in [-0.25, -0.2) is 0 Å². The van der Waals surface area contributed by atoms with E-state index >= 15 is 0 Å². The quantitative estimate of drug-likeness (QED) is 0.726. The molecule has 0 aliphatic rings. The number of thioether (sulfide) groups is 1. The van der Waals surface area contributed by atoms with Gasteiger partial charge in [-0.1, -0.05) is 25.6 Å². The van der Waals surface area contributed by atoms with Crippen molar-refractivity contribution < 1.29 is 9.90 Å². The van der Waals surface area contributed by atoms with Crippen LogP contribution in [0.15, 0.2) is 5.16 Å². The largest absolute Gasteiger partial charge is 0.481 e. The molecule has 0 amide bonds. The first kappa shape index (κ1) is 14.8. The van der Waals surface area contributed by atoms with Gasteiger partial charge in [0.15, 0.2) is 5.16 Å². The van der Waals surface area contributed by atoms with Crippen LogP contribution in [-0.2, 0) is 11.3 Å². The fourth-order valence-electron chi connectivity index (χ4n) is 1.65. The summed E-state index contributed by atoms with van der Waals surface area (Å²) < 4.78 is 1.99. The Kier molecular flexibility index (Phi) is 5.97. The van der Waals surface area contributed by atoms with Crippen LogP contribution in [-0.4, -0.2) is 45.2 Å². The first-order valence-electron chi connectivity index (χ1n) is 6.09. The second-order valence-corrected chi connectivity index (χ2v) is 4.98. The molecule has 0 saturated heterocycles. The lowest BCUT2D eigenvalue weighted by Crippen LogP contribution is -2.22. The Hall–Kier alpha value is -1.24. The number of carboxylic acids is 1. The Morgan fingerprint density at radius 2 is 2.11 bits per heavy atom. The van der Waals surface area contributed by atoms with E-state index < -0.39 is 5.97 Å². The number of rotatable bonds is 8. The fourth-order valence-corrected chi connectivity index (χ4v) is 2.33. The van der Waals surface area contributed by atoms with Gasteiger partial charge in [-0.2, -0.15) is 0 Å².